The second-order valence-corrected chi connectivity index (χ2v) is 5.39. The van der Waals surface area contributed by atoms with E-state index in [1.807, 2.05) is 49.4 Å². The highest BCUT2D eigenvalue weighted by molar-refractivity contribution is 5.51. The number of ether oxygens (including phenoxy) is 1. The summed E-state index contributed by atoms with van der Waals surface area (Å²) in [6.07, 6.45) is 0.852. The molecule has 3 rings (SSSR count). The summed E-state index contributed by atoms with van der Waals surface area (Å²) < 4.78 is 6.06. The van der Waals surface area contributed by atoms with Gasteiger partial charge in [0.1, 0.15) is 11.5 Å². The molecule has 0 aromatic heterocycles. The third-order valence-corrected chi connectivity index (χ3v) is 3.68. The third kappa shape index (κ3) is 3.29. The summed E-state index contributed by atoms with van der Waals surface area (Å²) >= 11 is 0. The van der Waals surface area contributed by atoms with E-state index in [2.05, 4.69) is 30.3 Å². The number of hydrogen-bond donors (Lipinski definition) is 1. The van der Waals surface area contributed by atoms with Crippen molar-refractivity contribution in [2.45, 2.75) is 13.3 Å². The minimum Gasteiger partial charge on any atom is -0.457 e. The molecule has 0 amide bonds. The molecule has 0 unspecified atom stereocenters. The van der Waals surface area contributed by atoms with Crippen molar-refractivity contribution < 1.29 is 4.74 Å². The van der Waals surface area contributed by atoms with E-state index in [9.17, 15) is 0 Å². The van der Waals surface area contributed by atoms with Crippen LogP contribution in [0, 0.1) is 6.92 Å². The number of nitrogens with two attached hydrogens (primary N) is 1. The van der Waals surface area contributed by atoms with Gasteiger partial charge in [0.2, 0.25) is 0 Å². The summed E-state index contributed by atoms with van der Waals surface area (Å²) in [5, 5.41) is 0. The second kappa shape index (κ2) is 6.35. The maximum atomic E-state index is 6.06. The van der Waals surface area contributed by atoms with Gasteiger partial charge in [0.05, 0.1) is 0 Å². The van der Waals surface area contributed by atoms with Gasteiger partial charge in [-0.05, 0) is 47.9 Å². The molecular weight excluding hydrogens is 270 g/mol. The van der Waals surface area contributed by atoms with Crippen LogP contribution in [0.4, 0.5) is 5.69 Å². The van der Waals surface area contributed by atoms with Crippen molar-refractivity contribution in [3.63, 3.8) is 0 Å². The van der Waals surface area contributed by atoms with Gasteiger partial charge < -0.3 is 10.5 Å². The fraction of sp³-hybridized carbons (Fsp3) is 0.100. The van der Waals surface area contributed by atoms with Crippen LogP contribution in [0.5, 0.6) is 11.5 Å². The summed E-state index contributed by atoms with van der Waals surface area (Å²) in [5.74, 6) is 1.70. The Balaban J connectivity index is 1.86. The van der Waals surface area contributed by atoms with E-state index >= 15 is 0 Å². The van der Waals surface area contributed by atoms with Crippen molar-refractivity contribution in [3.05, 3.63) is 89.5 Å². The third-order valence-electron chi connectivity index (χ3n) is 3.68. The van der Waals surface area contributed by atoms with E-state index in [1.165, 1.54) is 11.1 Å². The van der Waals surface area contributed by atoms with Gasteiger partial charge in [-0.1, -0.05) is 48.5 Å². The highest BCUT2D eigenvalue weighted by Crippen LogP contribution is 2.28. The molecule has 0 saturated carbocycles. The van der Waals surface area contributed by atoms with Gasteiger partial charge in [-0.25, -0.2) is 0 Å². The van der Waals surface area contributed by atoms with E-state index in [0.717, 1.165) is 29.2 Å². The molecule has 0 saturated heterocycles. The summed E-state index contributed by atoms with van der Waals surface area (Å²) in [6.45, 7) is 1.98. The molecule has 2 nitrogen and oxygen atoms in total. The first kappa shape index (κ1) is 14.2. The Hall–Kier alpha value is -2.74. The maximum absolute atomic E-state index is 6.06. The standard InChI is InChI=1S/C20H19NO/c1-15-13-18(11-12-19(15)21)22-20-10-6-5-9-17(20)14-16-7-3-2-4-8-16/h2-13H,14,21H2,1H3. The molecule has 0 atom stereocenters. The molecule has 3 aromatic rings. The lowest BCUT2D eigenvalue weighted by Gasteiger charge is -2.12. The summed E-state index contributed by atoms with van der Waals surface area (Å²) in [5.41, 5.74) is 10.1. The van der Waals surface area contributed by atoms with Crippen LogP contribution in [0.1, 0.15) is 16.7 Å². The molecule has 2 N–H and O–H groups in total. The largest absolute Gasteiger partial charge is 0.457 e. The van der Waals surface area contributed by atoms with Gasteiger partial charge in [-0.15, -0.1) is 0 Å². The Kier molecular flexibility index (Phi) is 4.10. The van der Waals surface area contributed by atoms with Crippen LogP contribution < -0.4 is 10.5 Å². The number of rotatable bonds is 4. The zero-order chi connectivity index (χ0) is 15.4. The monoisotopic (exact) mass is 289 g/mol. The topological polar surface area (TPSA) is 35.2 Å². The van der Waals surface area contributed by atoms with Crippen molar-refractivity contribution in [1.82, 2.24) is 0 Å². The zero-order valence-corrected chi connectivity index (χ0v) is 12.6. The highest BCUT2D eigenvalue weighted by Gasteiger charge is 2.06. The molecule has 0 aliphatic heterocycles. The molecule has 0 aliphatic rings. The maximum Gasteiger partial charge on any atom is 0.130 e. The lowest BCUT2D eigenvalue weighted by atomic mass is 10.0. The van der Waals surface area contributed by atoms with Crippen LogP contribution in [0.15, 0.2) is 72.8 Å². The molecule has 0 heterocycles. The van der Waals surface area contributed by atoms with Crippen molar-refractivity contribution >= 4 is 5.69 Å². The van der Waals surface area contributed by atoms with Crippen LogP contribution in [-0.4, -0.2) is 0 Å². The number of benzene rings is 3. The number of nitrogen functional groups attached to an aromatic ring is 1. The second-order valence-electron chi connectivity index (χ2n) is 5.39. The molecule has 0 radical (unpaired) electrons. The molecule has 0 bridgehead atoms. The zero-order valence-electron chi connectivity index (χ0n) is 12.6. The smallest absolute Gasteiger partial charge is 0.130 e. The SMILES string of the molecule is Cc1cc(Oc2ccccc2Cc2ccccc2)ccc1N. The summed E-state index contributed by atoms with van der Waals surface area (Å²) in [7, 11) is 0. The minimum absolute atomic E-state index is 0.782. The molecule has 22 heavy (non-hydrogen) atoms. The van der Waals surface area contributed by atoms with Gasteiger partial charge in [-0.3, -0.25) is 0 Å². The average molecular weight is 289 g/mol. The first-order valence-electron chi connectivity index (χ1n) is 7.38. The Morgan fingerprint density at radius 1 is 0.864 bits per heavy atom. The number of para-hydroxylation sites is 1. The van der Waals surface area contributed by atoms with Crippen LogP contribution in [0.2, 0.25) is 0 Å². The predicted molar refractivity (Wildman–Crippen MR) is 91.4 cm³/mol. The Labute approximate surface area is 131 Å². The van der Waals surface area contributed by atoms with E-state index in [-0.39, 0.29) is 0 Å². The minimum atomic E-state index is 0.782. The van der Waals surface area contributed by atoms with Crippen LogP contribution >= 0.6 is 0 Å². The molecule has 2 heteroatoms. The van der Waals surface area contributed by atoms with Gasteiger partial charge in [0.15, 0.2) is 0 Å². The Bertz CT molecular complexity index is 766. The number of anilines is 1. The van der Waals surface area contributed by atoms with Gasteiger partial charge in [0.25, 0.3) is 0 Å². The molecule has 0 fully saturated rings. The van der Waals surface area contributed by atoms with Crippen molar-refractivity contribution in [1.29, 1.82) is 0 Å². The van der Waals surface area contributed by atoms with E-state index < -0.39 is 0 Å². The lowest BCUT2D eigenvalue weighted by Crippen LogP contribution is -1.95. The fourth-order valence-electron chi connectivity index (χ4n) is 2.40. The molecular formula is C20H19NO. The van der Waals surface area contributed by atoms with Crippen LogP contribution in [0.3, 0.4) is 0 Å². The van der Waals surface area contributed by atoms with Gasteiger partial charge in [-0.2, -0.15) is 0 Å². The molecule has 110 valence electrons. The van der Waals surface area contributed by atoms with Crippen LogP contribution in [0.25, 0.3) is 0 Å². The Morgan fingerprint density at radius 3 is 2.36 bits per heavy atom. The van der Waals surface area contributed by atoms with Crippen molar-refractivity contribution in [2.24, 2.45) is 0 Å². The highest BCUT2D eigenvalue weighted by atomic mass is 16.5. The molecule has 0 aliphatic carbocycles. The average Bonchev–Trinajstić information content (AvgIpc) is 2.54. The van der Waals surface area contributed by atoms with E-state index in [4.69, 9.17) is 10.5 Å². The summed E-state index contributed by atoms with van der Waals surface area (Å²) in [4.78, 5) is 0. The normalized spacial score (nSPS) is 10.4. The van der Waals surface area contributed by atoms with Gasteiger partial charge >= 0.3 is 0 Å². The first-order valence-corrected chi connectivity index (χ1v) is 7.38. The Morgan fingerprint density at radius 2 is 1.59 bits per heavy atom. The van der Waals surface area contributed by atoms with Crippen molar-refractivity contribution in [2.75, 3.05) is 5.73 Å². The fourth-order valence-corrected chi connectivity index (χ4v) is 2.40. The van der Waals surface area contributed by atoms with E-state index in [1.54, 1.807) is 0 Å². The molecule has 3 aromatic carbocycles. The van der Waals surface area contributed by atoms with Crippen molar-refractivity contribution in [3.8, 4) is 11.5 Å². The van der Waals surface area contributed by atoms with E-state index in [0.29, 0.717) is 0 Å². The van der Waals surface area contributed by atoms with Crippen LogP contribution in [-0.2, 0) is 6.42 Å². The summed E-state index contributed by atoms with van der Waals surface area (Å²) in [6, 6.07) is 24.3. The van der Waals surface area contributed by atoms with Gasteiger partial charge in [0, 0.05) is 12.1 Å². The molecule has 0 spiro atoms. The predicted octanol–water partition coefficient (Wildman–Crippen LogP) is 4.96. The number of aryl methyl sites for hydroxylation is 1. The first-order chi connectivity index (χ1) is 10.7. The lowest BCUT2D eigenvalue weighted by molar-refractivity contribution is 0.477. The number of hydrogen-bond acceptors (Lipinski definition) is 2. The quantitative estimate of drug-likeness (QED) is 0.689.